The normalized spacial score (nSPS) is 17.9. The maximum atomic E-state index is 12.3. The zero-order valence-electron chi connectivity index (χ0n) is 14.5. The van der Waals surface area contributed by atoms with Gasteiger partial charge in [0.15, 0.2) is 0 Å². The van der Waals surface area contributed by atoms with Gasteiger partial charge in [-0.2, -0.15) is 13.2 Å². The van der Waals surface area contributed by atoms with Crippen LogP contribution < -0.4 is 10.6 Å². The molecule has 5 nitrogen and oxygen atoms in total. The molecule has 0 aromatic rings. The first-order valence-corrected chi connectivity index (χ1v) is 8.30. The second-order valence-electron chi connectivity index (χ2n) is 7.27. The van der Waals surface area contributed by atoms with Crippen molar-refractivity contribution in [2.75, 3.05) is 6.54 Å². The van der Waals surface area contributed by atoms with Crippen LogP contribution in [0.2, 0.25) is 0 Å². The Kier molecular flexibility index (Phi) is 7.35. The van der Waals surface area contributed by atoms with Gasteiger partial charge in [0.05, 0.1) is 0 Å². The first kappa shape index (κ1) is 20.6. The zero-order valence-corrected chi connectivity index (χ0v) is 14.5. The second-order valence-corrected chi connectivity index (χ2v) is 7.27. The maximum absolute atomic E-state index is 12.3. The van der Waals surface area contributed by atoms with Crippen LogP contribution in [0.25, 0.3) is 0 Å². The highest BCUT2D eigenvalue weighted by Gasteiger charge is 2.32. The summed E-state index contributed by atoms with van der Waals surface area (Å²) in [7, 11) is 0. The van der Waals surface area contributed by atoms with Gasteiger partial charge in [0.1, 0.15) is 18.2 Å². The number of hydrogen-bond acceptors (Lipinski definition) is 3. The Morgan fingerprint density at radius 2 is 1.71 bits per heavy atom. The molecular formula is C16H27F3N2O3. The number of ether oxygens (including phenoxy) is 1. The van der Waals surface area contributed by atoms with Gasteiger partial charge in [-0.3, -0.25) is 4.79 Å². The number of alkyl halides is 3. The van der Waals surface area contributed by atoms with E-state index >= 15 is 0 Å². The molecule has 1 unspecified atom stereocenters. The Morgan fingerprint density at radius 3 is 2.21 bits per heavy atom. The van der Waals surface area contributed by atoms with Gasteiger partial charge in [-0.05, 0) is 33.1 Å². The summed E-state index contributed by atoms with van der Waals surface area (Å²) in [6.45, 7) is 3.61. The first-order chi connectivity index (χ1) is 11.0. The Labute approximate surface area is 140 Å². The molecule has 0 aromatic carbocycles. The highest BCUT2D eigenvalue weighted by atomic mass is 19.4. The van der Waals surface area contributed by atoms with E-state index in [2.05, 4.69) is 5.32 Å². The molecule has 2 N–H and O–H groups in total. The number of alkyl carbamates (subject to hydrolysis) is 1. The lowest BCUT2D eigenvalue weighted by Gasteiger charge is -2.28. The van der Waals surface area contributed by atoms with Crippen molar-refractivity contribution >= 4 is 12.0 Å². The maximum Gasteiger partial charge on any atom is 0.408 e. The molecule has 1 fully saturated rings. The van der Waals surface area contributed by atoms with Crippen molar-refractivity contribution in [2.24, 2.45) is 5.92 Å². The van der Waals surface area contributed by atoms with Crippen LogP contribution in [-0.4, -0.2) is 36.4 Å². The van der Waals surface area contributed by atoms with Gasteiger partial charge in [0, 0.05) is 0 Å². The summed E-state index contributed by atoms with van der Waals surface area (Å²) in [5.41, 5.74) is -0.748. The average Bonchev–Trinajstić information content (AvgIpc) is 2.42. The number of hydrogen-bond donors (Lipinski definition) is 2. The summed E-state index contributed by atoms with van der Waals surface area (Å²) in [6.07, 6.45) is 0.0615. The van der Waals surface area contributed by atoms with Gasteiger partial charge >= 0.3 is 12.3 Å². The number of halogens is 3. The van der Waals surface area contributed by atoms with Crippen LogP contribution in [0.15, 0.2) is 0 Å². The third-order valence-corrected chi connectivity index (χ3v) is 3.76. The van der Waals surface area contributed by atoms with E-state index in [9.17, 15) is 22.8 Å². The predicted octanol–water partition coefficient (Wildman–Crippen LogP) is 3.53. The van der Waals surface area contributed by atoms with E-state index in [-0.39, 0.29) is 5.92 Å². The third kappa shape index (κ3) is 8.98. The topological polar surface area (TPSA) is 67.4 Å². The molecule has 8 heteroatoms. The van der Waals surface area contributed by atoms with Crippen LogP contribution in [0, 0.1) is 5.92 Å². The fourth-order valence-corrected chi connectivity index (χ4v) is 2.75. The van der Waals surface area contributed by atoms with Gasteiger partial charge in [-0.25, -0.2) is 4.79 Å². The van der Waals surface area contributed by atoms with Gasteiger partial charge in [0.2, 0.25) is 5.91 Å². The SMILES string of the molecule is CC(C)(C)OC(=O)NC(CC1CCCCC1)C(=O)NCC(F)(F)F. The van der Waals surface area contributed by atoms with Crippen molar-refractivity contribution < 1.29 is 27.5 Å². The summed E-state index contributed by atoms with van der Waals surface area (Å²) in [6, 6.07) is -1.02. The molecule has 140 valence electrons. The van der Waals surface area contributed by atoms with E-state index in [1.807, 2.05) is 5.32 Å². The molecule has 0 bridgehead atoms. The molecule has 0 spiro atoms. The zero-order chi connectivity index (χ0) is 18.4. The van der Waals surface area contributed by atoms with Crippen molar-refractivity contribution in [1.82, 2.24) is 10.6 Å². The van der Waals surface area contributed by atoms with E-state index in [0.29, 0.717) is 6.42 Å². The molecule has 24 heavy (non-hydrogen) atoms. The fraction of sp³-hybridized carbons (Fsp3) is 0.875. The van der Waals surface area contributed by atoms with E-state index in [1.54, 1.807) is 20.8 Å². The number of nitrogens with one attached hydrogen (secondary N) is 2. The molecular weight excluding hydrogens is 325 g/mol. The van der Waals surface area contributed by atoms with E-state index < -0.39 is 36.4 Å². The lowest BCUT2D eigenvalue weighted by molar-refractivity contribution is -0.139. The molecule has 1 rings (SSSR count). The molecule has 0 radical (unpaired) electrons. The molecule has 0 aliphatic heterocycles. The summed E-state index contributed by atoms with van der Waals surface area (Å²) < 4.78 is 42.0. The highest BCUT2D eigenvalue weighted by Crippen LogP contribution is 2.27. The Morgan fingerprint density at radius 1 is 1.12 bits per heavy atom. The standard InChI is InChI=1S/C16H27F3N2O3/c1-15(2,3)24-14(23)21-12(9-11-7-5-4-6-8-11)13(22)20-10-16(17,18)19/h11-12H,4-10H2,1-3H3,(H,20,22)(H,21,23). The van der Waals surface area contributed by atoms with E-state index in [0.717, 1.165) is 32.1 Å². The van der Waals surface area contributed by atoms with Gasteiger partial charge < -0.3 is 15.4 Å². The Hall–Kier alpha value is -1.47. The predicted molar refractivity (Wildman–Crippen MR) is 83.4 cm³/mol. The molecule has 1 saturated carbocycles. The van der Waals surface area contributed by atoms with E-state index in [4.69, 9.17) is 4.74 Å². The molecule has 0 aromatic heterocycles. The molecule has 1 atom stereocenters. The fourth-order valence-electron chi connectivity index (χ4n) is 2.75. The number of carbonyl (C=O) groups excluding carboxylic acids is 2. The number of rotatable bonds is 5. The average molecular weight is 352 g/mol. The minimum absolute atomic E-state index is 0.218. The first-order valence-electron chi connectivity index (χ1n) is 8.30. The van der Waals surface area contributed by atoms with Crippen LogP contribution in [0.1, 0.15) is 59.3 Å². The summed E-state index contributed by atoms with van der Waals surface area (Å²) in [4.78, 5) is 24.0. The number of amides is 2. The minimum Gasteiger partial charge on any atom is -0.444 e. The summed E-state index contributed by atoms with van der Waals surface area (Å²) in [5, 5.41) is 4.26. The summed E-state index contributed by atoms with van der Waals surface area (Å²) >= 11 is 0. The Bertz CT molecular complexity index is 427. The third-order valence-electron chi connectivity index (χ3n) is 3.76. The summed E-state index contributed by atoms with van der Waals surface area (Å²) in [5.74, 6) is -0.612. The quantitative estimate of drug-likeness (QED) is 0.795. The molecule has 1 aliphatic carbocycles. The molecule has 1 aliphatic rings. The number of carbonyl (C=O) groups is 2. The van der Waals surface area contributed by atoms with Crippen LogP contribution in [-0.2, 0) is 9.53 Å². The van der Waals surface area contributed by atoms with Gasteiger partial charge in [-0.15, -0.1) is 0 Å². The van der Waals surface area contributed by atoms with Gasteiger partial charge in [-0.1, -0.05) is 32.1 Å². The molecule has 0 heterocycles. The smallest absolute Gasteiger partial charge is 0.408 e. The van der Waals surface area contributed by atoms with Crippen molar-refractivity contribution in [3.8, 4) is 0 Å². The Balaban J connectivity index is 2.66. The van der Waals surface area contributed by atoms with Crippen LogP contribution in [0.3, 0.4) is 0 Å². The van der Waals surface area contributed by atoms with E-state index in [1.165, 1.54) is 0 Å². The second kappa shape index (κ2) is 8.58. The largest absolute Gasteiger partial charge is 0.444 e. The lowest BCUT2D eigenvalue weighted by Crippen LogP contribution is -2.50. The monoisotopic (exact) mass is 352 g/mol. The lowest BCUT2D eigenvalue weighted by atomic mass is 9.84. The van der Waals surface area contributed by atoms with Crippen molar-refractivity contribution in [3.05, 3.63) is 0 Å². The van der Waals surface area contributed by atoms with Crippen LogP contribution in [0.4, 0.5) is 18.0 Å². The van der Waals surface area contributed by atoms with Crippen molar-refractivity contribution in [2.45, 2.75) is 77.1 Å². The minimum atomic E-state index is -4.49. The van der Waals surface area contributed by atoms with Crippen molar-refractivity contribution in [3.63, 3.8) is 0 Å². The van der Waals surface area contributed by atoms with Gasteiger partial charge in [0.25, 0.3) is 0 Å². The van der Waals surface area contributed by atoms with Crippen LogP contribution >= 0.6 is 0 Å². The molecule has 0 saturated heterocycles. The molecule has 2 amide bonds. The van der Waals surface area contributed by atoms with Crippen LogP contribution in [0.5, 0.6) is 0 Å². The highest BCUT2D eigenvalue weighted by molar-refractivity contribution is 5.85. The van der Waals surface area contributed by atoms with Crippen molar-refractivity contribution in [1.29, 1.82) is 0 Å².